The number of hydrogen-bond acceptors (Lipinski definition) is 6. The second-order valence-corrected chi connectivity index (χ2v) is 15.5. The molecule has 0 radical (unpaired) electrons. The molecule has 3 aromatic rings. The highest BCUT2D eigenvalue weighted by atomic mass is 32.2. The molecule has 2 aliphatic heterocycles. The first kappa shape index (κ1) is 32.0. The van der Waals surface area contributed by atoms with Crippen LogP contribution in [0.2, 0.25) is 0 Å². The van der Waals surface area contributed by atoms with Crippen molar-refractivity contribution in [1.29, 1.82) is 0 Å². The van der Waals surface area contributed by atoms with E-state index in [1.54, 1.807) is 17.0 Å². The van der Waals surface area contributed by atoms with Crippen LogP contribution in [0.3, 0.4) is 0 Å². The molecule has 236 valence electrons. The second kappa shape index (κ2) is 12.5. The number of piperidine rings is 1. The van der Waals surface area contributed by atoms with Crippen LogP contribution in [-0.2, 0) is 31.1 Å². The highest BCUT2D eigenvalue weighted by Gasteiger charge is 2.44. The molecule has 0 spiro atoms. The van der Waals surface area contributed by atoms with Crippen molar-refractivity contribution in [2.45, 2.75) is 73.4 Å². The van der Waals surface area contributed by atoms with Gasteiger partial charge in [-0.2, -0.15) is 0 Å². The predicted octanol–water partition coefficient (Wildman–Crippen LogP) is 4.72. The maximum absolute atomic E-state index is 14.2. The van der Waals surface area contributed by atoms with Gasteiger partial charge in [0.25, 0.3) is 10.0 Å². The Kier molecular flexibility index (Phi) is 9.11. The summed E-state index contributed by atoms with van der Waals surface area (Å²) in [6.07, 6.45) is 2.34. The Labute approximate surface area is 255 Å². The van der Waals surface area contributed by atoms with E-state index in [2.05, 4.69) is 4.72 Å². The van der Waals surface area contributed by atoms with Crippen LogP contribution in [0, 0.1) is 30.3 Å². The molecule has 1 amide bonds. The molecule has 3 aromatic carbocycles. The van der Waals surface area contributed by atoms with Gasteiger partial charge in [-0.05, 0) is 86.9 Å². The highest BCUT2D eigenvalue weighted by Crippen LogP contribution is 2.40. The van der Waals surface area contributed by atoms with E-state index in [1.807, 2.05) is 6.92 Å². The van der Waals surface area contributed by atoms with Crippen LogP contribution < -0.4 is 10.5 Å². The summed E-state index contributed by atoms with van der Waals surface area (Å²) >= 11 is 0. The highest BCUT2D eigenvalue weighted by molar-refractivity contribution is 7.92. The topological polar surface area (TPSA) is 127 Å². The molecule has 2 heterocycles. The summed E-state index contributed by atoms with van der Waals surface area (Å²) < 4.78 is 95.4. The fourth-order valence-corrected chi connectivity index (χ4v) is 8.59. The van der Waals surface area contributed by atoms with Crippen molar-refractivity contribution in [3.8, 4) is 0 Å². The molecule has 2 bridgehead atoms. The molecule has 0 saturated carbocycles. The molecule has 8 nitrogen and oxygen atoms in total. The summed E-state index contributed by atoms with van der Waals surface area (Å²) in [5.74, 6) is -4.07. The van der Waals surface area contributed by atoms with Crippen LogP contribution >= 0.6 is 0 Å². The number of halogens is 3. The lowest BCUT2D eigenvalue weighted by molar-refractivity contribution is -0.136. The summed E-state index contributed by atoms with van der Waals surface area (Å²) in [5, 5.41) is 0. The molecule has 2 saturated heterocycles. The molecule has 0 aromatic heterocycles. The molecular formula is C31H34F3N3O5S2. The number of nitrogens with one attached hydrogen (secondary N) is 1. The van der Waals surface area contributed by atoms with Gasteiger partial charge >= 0.3 is 0 Å². The Morgan fingerprint density at radius 1 is 0.909 bits per heavy atom. The van der Waals surface area contributed by atoms with Crippen LogP contribution in [0.4, 0.5) is 18.9 Å². The Hall–Kier alpha value is -3.42. The number of rotatable bonds is 10. The first-order valence-corrected chi connectivity index (χ1v) is 17.5. The fourth-order valence-electron chi connectivity index (χ4n) is 6.27. The lowest BCUT2D eigenvalue weighted by atomic mass is 9.82. The fraction of sp³-hybridized carbons (Fsp3) is 0.387. The van der Waals surface area contributed by atoms with Gasteiger partial charge in [0, 0.05) is 30.6 Å². The second-order valence-electron chi connectivity index (χ2n) is 11.7. The van der Waals surface area contributed by atoms with Crippen LogP contribution in [0.1, 0.15) is 43.2 Å². The van der Waals surface area contributed by atoms with Crippen LogP contribution in [0.5, 0.6) is 0 Å². The number of carbonyl (C=O) groups excluding carboxylic acids is 1. The van der Waals surface area contributed by atoms with Gasteiger partial charge in [0.15, 0.2) is 21.5 Å². The number of benzene rings is 3. The van der Waals surface area contributed by atoms with Gasteiger partial charge in [-0.15, -0.1) is 0 Å². The average molecular weight is 650 g/mol. The number of hydrogen-bond donors (Lipinski definition) is 2. The maximum Gasteiger partial charge on any atom is 0.261 e. The third-order valence-electron chi connectivity index (χ3n) is 8.57. The van der Waals surface area contributed by atoms with E-state index < -0.39 is 49.1 Å². The van der Waals surface area contributed by atoms with Gasteiger partial charge in [-0.1, -0.05) is 23.8 Å². The van der Waals surface area contributed by atoms with Crippen molar-refractivity contribution in [1.82, 2.24) is 4.90 Å². The van der Waals surface area contributed by atoms with Crippen LogP contribution in [-0.4, -0.2) is 51.5 Å². The quantitative estimate of drug-likeness (QED) is 0.306. The molecule has 2 aliphatic rings. The molecule has 1 unspecified atom stereocenters. The number of nitrogens with two attached hydrogens (primary N) is 1. The summed E-state index contributed by atoms with van der Waals surface area (Å²) in [6.45, 7) is 1.83. The minimum Gasteiger partial charge on any atom is -0.337 e. The molecular weight excluding hydrogens is 615 g/mol. The molecule has 5 rings (SSSR count). The summed E-state index contributed by atoms with van der Waals surface area (Å²) in [4.78, 5) is 14.9. The number of anilines is 1. The Morgan fingerprint density at radius 2 is 1.55 bits per heavy atom. The van der Waals surface area contributed by atoms with Crippen molar-refractivity contribution in [3.63, 3.8) is 0 Å². The number of carbonyl (C=O) groups is 1. The zero-order valence-corrected chi connectivity index (χ0v) is 25.7. The van der Waals surface area contributed by atoms with E-state index in [-0.39, 0.29) is 57.8 Å². The van der Waals surface area contributed by atoms with E-state index in [1.165, 1.54) is 36.4 Å². The predicted molar refractivity (Wildman–Crippen MR) is 159 cm³/mol. The standard InChI is InChI=1S/C31H34F3N3O5S2/c1-19-5-9-25(10-6-19)44(41,42)36-22-3-2-4-26(17-22)43(39,40)12-11-31(38)37-23-7-8-24(37)14-21(13-23)30(35)16-20-15-28(33)29(34)18-27(20)32/h2-6,9-10,15,17-18,21,23-24,30,36H,7-8,11-14,16,35H2,1H3/t21?,23-,24+,30-/m1/s1. The number of amides is 1. The SMILES string of the molecule is Cc1ccc(S(=O)(=O)Nc2cccc(S(=O)(=O)CCC(=O)N3[C@@H]4CC[C@H]3CC([C@H](N)Cc3cc(F)c(F)cc3F)C4)c2)cc1. The summed E-state index contributed by atoms with van der Waals surface area (Å²) in [6, 6.07) is 12.2. The molecule has 3 N–H and O–H groups in total. The maximum atomic E-state index is 14.2. The van der Waals surface area contributed by atoms with E-state index >= 15 is 0 Å². The van der Waals surface area contributed by atoms with Gasteiger partial charge in [0.2, 0.25) is 5.91 Å². The number of fused-ring (bicyclic) bond motifs is 2. The van der Waals surface area contributed by atoms with Crippen molar-refractivity contribution in [3.05, 3.63) is 89.2 Å². The Balaban J connectivity index is 1.19. The minimum atomic E-state index is -3.94. The third-order valence-corrected chi connectivity index (χ3v) is 11.7. The lowest BCUT2D eigenvalue weighted by Crippen LogP contribution is -2.50. The van der Waals surface area contributed by atoms with Gasteiger partial charge in [-0.25, -0.2) is 30.0 Å². The van der Waals surface area contributed by atoms with Crippen molar-refractivity contribution >= 4 is 31.5 Å². The Bertz CT molecular complexity index is 1750. The van der Waals surface area contributed by atoms with Crippen molar-refractivity contribution in [2.24, 2.45) is 11.7 Å². The Morgan fingerprint density at radius 3 is 2.20 bits per heavy atom. The number of sulfonamides is 1. The molecule has 44 heavy (non-hydrogen) atoms. The van der Waals surface area contributed by atoms with Crippen molar-refractivity contribution in [2.75, 3.05) is 10.5 Å². The average Bonchev–Trinajstić information content (AvgIpc) is 3.23. The van der Waals surface area contributed by atoms with Crippen molar-refractivity contribution < 1.29 is 34.8 Å². The zero-order chi connectivity index (χ0) is 31.8. The summed E-state index contributed by atoms with van der Waals surface area (Å²) in [7, 11) is -7.86. The number of sulfone groups is 1. The van der Waals surface area contributed by atoms with Gasteiger partial charge < -0.3 is 10.6 Å². The first-order valence-electron chi connectivity index (χ1n) is 14.4. The molecule has 0 aliphatic carbocycles. The normalized spacial score (nSPS) is 20.8. The lowest BCUT2D eigenvalue weighted by Gasteiger charge is -2.41. The molecule has 4 atom stereocenters. The van der Waals surface area contributed by atoms with E-state index in [4.69, 9.17) is 5.73 Å². The van der Waals surface area contributed by atoms with Gasteiger partial charge in [0.05, 0.1) is 21.2 Å². The van der Waals surface area contributed by atoms with Gasteiger partial charge in [-0.3, -0.25) is 9.52 Å². The summed E-state index contributed by atoms with van der Waals surface area (Å²) in [5.41, 5.74) is 7.35. The first-order chi connectivity index (χ1) is 20.7. The smallest absolute Gasteiger partial charge is 0.261 e. The van der Waals surface area contributed by atoms with E-state index in [0.717, 1.165) is 24.5 Å². The third kappa shape index (κ3) is 6.94. The largest absolute Gasteiger partial charge is 0.337 e. The van der Waals surface area contributed by atoms with Gasteiger partial charge in [0.1, 0.15) is 5.82 Å². The molecule has 2 fully saturated rings. The monoisotopic (exact) mass is 649 g/mol. The zero-order valence-electron chi connectivity index (χ0n) is 24.0. The molecule has 13 heteroatoms. The number of nitrogens with zero attached hydrogens (tertiary/aromatic N) is 1. The van der Waals surface area contributed by atoms with E-state index in [0.29, 0.717) is 18.9 Å². The van der Waals surface area contributed by atoms with Crippen LogP contribution in [0.25, 0.3) is 0 Å². The van der Waals surface area contributed by atoms with E-state index in [9.17, 15) is 34.8 Å². The van der Waals surface area contributed by atoms with Crippen LogP contribution in [0.15, 0.2) is 70.5 Å². The number of aryl methyl sites for hydroxylation is 1. The minimum absolute atomic E-state index is 0.000484.